The molecule has 0 unspecified atom stereocenters. The lowest BCUT2D eigenvalue weighted by Crippen LogP contribution is -2.33. The normalized spacial score (nSPS) is 19.4. The summed E-state index contributed by atoms with van der Waals surface area (Å²) in [5, 5.41) is 22.0. The molecule has 1 fully saturated rings. The second-order valence-corrected chi connectivity index (χ2v) is 11.1. The van der Waals surface area contributed by atoms with Crippen molar-refractivity contribution in [3.8, 4) is 0 Å². The molecule has 1 aliphatic rings. The first-order valence-corrected chi connectivity index (χ1v) is 15.1. The van der Waals surface area contributed by atoms with Gasteiger partial charge >= 0.3 is 5.69 Å². The Balaban J connectivity index is 1.53. The smallest absolute Gasteiger partial charge is 0.330 e. The Kier molecular flexibility index (Phi) is 15.9. The van der Waals surface area contributed by atoms with E-state index in [-0.39, 0.29) is 18.9 Å². The standard InChI is InChI=1S/C27H47N3O6S/c1-2-3-4-5-6-7-8-9-10-11-12-13-14-15-24(33)28-16-17-37-23-19-30(27(35)29-26(23)34)25-18-21(32)22(20-31)36-25/h19,21-22,25,31-32H,2-18,20H2,1H3,(H,28,33)(H,29,34,35)/t21-,22+,25+/m0/s1. The van der Waals surface area contributed by atoms with Gasteiger partial charge in [-0.1, -0.05) is 84.0 Å². The number of nitrogens with zero attached hydrogens (tertiary/aromatic N) is 1. The predicted molar refractivity (Wildman–Crippen MR) is 147 cm³/mol. The van der Waals surface area contributed by atoms with Crippen LogP contribution >= 0.6 is 11.8 Å². The van der Waals surface area contributed by atoms with E-state index in [2.05, 4.69) is 17.2 Å². The van der Waals surface area contributed by atoms with Crippen LogP contribution in [0, 0.1) is 0 Å². The molecule has 4 N–H and O–H groups in total. The Morgan fingerprint density at radius 3 is 2.22 bits per heavy atom. The number of nitrogens with one attached hydrogen (secondary N) is 2. The van der Waals surface area contributed by atoms with Crippen LogP contribution in [0.25, 0.3) is 0 Å². The largest absolute Gasteiger partial charge is 0.394 e. The predicted octanol–water partition coefficient (Wildman–Crippen LogP) is 3.87. The molecule has 3 atom stereocenters. The lowest BCUT2D eigenvalue weighted by atomic mass is 10.0. The van der Waals surface area contributed by atoms with Gasteiger partial charge in [-0.2, -0.15) is 0 Å². The van der Waals surface area contributed by atoms with Crippen LogP contribution in [0.15, 0.2) is 20.7 Å². The number of aromatic amines is 1. The molecule has 2 heterocycles. The number of unbranched alkanes of at least 4 members (excludes halogenated alkanes) is 12. The van der Waals surface area contributed by atoms with Crippen molar-refractivity contribution in [2.24, 2.45) is 0 Å². The highest BCUT2D eigenvalue weighted by atomic mass is 32.2. The minimum Gasteiger partial charge on any atom is -0.394 e. The van der Waals surface area contributed by atoms with Gasteiger partial charge in [0, 0.05) is 31.3 Å². The summed E-state index contributed by atoms with van der Waals surface area (Å²) in [6.07, 6.45) is 16.2. The quantitative estimate of drug-likeness (QED) is 0.145. The van der Waals surface area contributed by atoms with E-state index in [4.69, 9.17) is 4.74 Å². The summed E-state index contributed by atoms with van der Waals surface area (Å²) < 4.78 is 6.75. The second kappa shape index (κ2) is 18.6. The summed E-state index contributed by atoms with van der Waals surface area (Å²) >= 11 is 1.24. The number of aromatic nitrogens is 2. The fraction of sp³-hybridized carbons (Fsp3) is 0.815. The first-order valence-electron chi connectivity index (χ1n) is 14.2. The SMILES string of the molecule is CCCCCCCCCCCCCCCC(=O)NCCSc1cn([C@H]2C[C@H](O)[C@@H](CO)O2)c(=O)[nH]c1=O. The topological polar surface area (TPSA) is 134 Å². The molecular formula is C27H47N3O6S. The van der Waals surface area contributed by atoms with Gasteiger partial charge in [-0.25, -0.2) is 4.79 Å². The van der Waals surface area contributed by atoms with Gasteiger partial charge in [-0.05, 0) is 6.42 Å². The first kappa shape index (κ1) is 31.6. The minimum absolute atomic E-state index is 0.0194. The summed E-state index contributed by atoms with van der Waals surface area (Å²) in [4.78, 5) is 39.0. The number of aliphatic hydroxyl groups excluding tert-OH is 2. The van der Waals surface area contributed by atoms with Gasteiger partial charge in [0.25, 0.3) is 5.56 Å². The molecule has 0 aliphatic carbocycles. The Hall–Kier alpha value is -1.62. The number of hydrogen-bond acceptors (Lipinski definition) is 7. The lowest BCUT2D eigenvalue weighted by molar-refractivity contribution is -0.121. The highest BCUT2D eigenvalue weighted by Gasteiger charge is 2.35. The molecule has 0 saturated carbocycles. The van der Waals surface area contributed by atoms with Crippen LogP contribution in [-0.4, -0.2) is 56.8 Å². The van der Waals surface area contributed by atoms with Gasteiger partial charge in [0.2, 0.25) is 5.91 Å². The maximum absolute atomic E-state index is 12.2. The van der Waals surface area contributed by atoms with Crippen LogP contribution in [0.5, 0.6) is 0 Å². The minimum atomic E-state index is -0.880. The van der Waals surface area contributed by atoms with E-state index in [0.29, 0.717) is 23.6 Å². The van der Waals surface area contributed by atoms with Crippen molar-refractivity contribution in [3.05, 3.63) is 27.0 Å². The summed E-state index contributed by atoms with van der Waals surface area (Å²) in [6, 6.07) is 0. The van der Waals surface area contributed by atoms with Crippen LogP contribution in [0.4, 0.5) is 0 Å². The van der Waals surface area contributed by atoms with Crippen LogP contribution < -0.4 is 16.6 Å². The van der Waals surface area contributed by atoms with E-state index >= 15 is 0 Å². The van der Waals surface area contributed by atoms with Gasteiger partial charge in [0.1, 0.15) is 12.3 Å². The molecule has 2 rings (SSSR count). The van der Waals surface area contributed by atoms with E-state index < -0.39 is 29.7 Å². The van der Waals surface area contributed by atoms with Gasteiger partial charge < -0.3 is 20.3 Å². The van der Waals surface area contributed by atoms with Crippen molar-refractivity contribution in [2.75, 3.05) is 18.9 Å². The van der Waals surface area contributed by atoms with Gasteiger partial charge in [-0.3, -0.25) is 19.1 Å². The van der Waals surface area contributed by atoms with E-state index in [0.717, 1.165) is 12.8 Å². The third-order valence-electron chi connectivity index (χ3n) is 6.82. The van der Waals surface area contributed by atoms with Crippen LogP contribution in [-0.2, 0) is 9.53 Å². The molecule has 0 spiro atoms. The molecule has 1 amide bonds. The van der Waals surface area contributed by atoms with Crippen LogP contribution in [0.1, 0.15) is 109 Å². The van der Waals surface area contributed by atoms with Crippen LogP contribution in [0.2, 0.25) is 0 Å². The molecule has 1 aromatic heterocycles. The molecule has 0 radical (unpaired) electrons. The Bertz CT molecular complexity index is 890. The molecule has 1 aliphatic heterocycles. The van der Waals surface area contributed by atoms with Gasteiger partial charge in [0.05, 0.1) is 17.6 Å². The number of rotatable bonds is 20. The average molecular weight is 542 g/mol. The fourth-order valence-electron chi connectivity index (χ4n) is 4.58. The number of amides is 1. The molecule has 0 bridgehead atoms. The zero-order valence-corrected chi connectivity index (χ0v) is 23.2. The van der Waals surface area contributed by atoms with Crippen molar-refractivity contribution in [3.63, 3.8) is 0 Å². The average Bonchev–Trinajstić information content (AvgIpc) is 3.25. The third-order valence-corrected chi connectivity index (χ3v) is 7.83. The molecular weight excluding hydrogens is 494 g/mol. The number of ether oxygens (including phenoxy) is 1. The molecule has 1 aromatic rings. The van der Waals surface area contributed by atoms with Crippen LogP contribution in [0.3, 0.4) is 0 Å². The van der Waals surface area contributed by atoms with Crippen molar-refractivity contribution in [1.82, 2.24) is 14.9 Å². The van der Waals surface area contributed by atoms with Crippen molar-refractivity contribution in [1.29, 1.82) is 0 Å². The van der Waals surface area contributed by atoms with E-state index in [1.54, 1.807) is 0 Å². The maximum atomic E-state index is 12.2. The maximum Gasteiger partial charge on any atom is 0.330 e. The Morgan fingerprint density at radius 1 is 1.05 bits per heavy atom. The van der Waals surface area contributed by atoms with Gasteiger partial charge in [0.15, 0.2) is 0 Å². The molecule has 10 heteroatoms. The molecule has 212 valence electrons. The Morgan fingerprint density at radius 2 is 1.65 bits per heavy atom. The van der Waals surface area contributed by atoms with E-state index in [1.165, 1.54) is 93.2 Å². The Labute approximate surface area is 224 Å². The molecule has 37 heavy (non-hydrogen) atoms. The fourth-order valence-corrected chi connectivity index (χ4v) is 5.37. The zero-order valence-electron chi connectivity index (χ0n) is 22.4. The lowest BCUT2D eigenvalue weighted by Gasteiger charge is -2.15. The van der Waals surface area contributed by atoms with Crippen molar-refractivity contribution >= 4 is 17.7 Å². The summed E-state index contributed by atoms with van der Waals surface area (Å²) in [7, 11) is 0. The first-order chi connectivity index (χ1) is 18.0. The number of H-pyrrole nitrogens is 1. The molecule has 9 nitrogen and oxygen atoms in total. The van der Waals surface area contributed by atoms with Crippen molar-refractivity contribution < 1.29 is 19.7 Å². The number of aliphatic hydroxyl groups is 2. The second-order valence-electron chi connectivity index (χ2n) is 9.97. The zero-order chi connectivity index (χ0) is 26.9. The van der Waals surface area contributed by atoms with Gasteiger partial charge in [-0.15, -0.1) is 11.8 Å². The molecule has 0 aromatic carbocycles. The van der Waals surface area contributed by atoms with Crippen molar-refractivity contribution in [2.45, 2.75) is 127 Å². The number of hydrogen-bond donors (Lipinski definition) is 4. The van der Waals surface area contributed by atoms with E-state index in [9.17, 15) is 24.6 Å². The number of carbonyl (C=O) groups is 1. The van der Waals surface area contributed by atoms with E-state index in [1.807, 2.05) is 0 Å². The molecule has 1 saturated heterocycles. The summed E-state index contributed by atoms with van der Waals surface area (Å²) in [6.45, 7) is 2.32. The summed E-state index contributed by atoms with van der Waals surface area (Å²) in [5.74, 6) is 0.505. The highest BCUT2D eigenvalue weighted by molar-refractivity contribution is 7.99. The third kappa shape index (κ3) is 12.2. The summed E-state index contributed by atoms with van der Waals surface area (Å²) in [5.41, 5.74) is -1.13. The monoisotopic (exact) mass is 541 g/mol. The highest BCUT2D eigenvalue weighted by Crippen LogP contribution is 2.27. The number of carbonyl (C=O) groups excluding carboxylic acids is 1. The number of thioether (sulfide) groups is 1.